The number of nitrogens with zero attached hydrogens (tertiary/aromatic N) is 1. The van der Waals surface area contributed by atoms with Crippen LogP contribution < -0.4 is 0 Å². The molecular weight excluding hydrogens is 218 g/mol. The average molecular weight is 243 g/mol. The van der Waals surface area contributed by atoms with Crippen LogP contribution in [0.3, 0.4) is 0 Å². The Bertz CT molecular complexity index is 281. The zero-order chi connectivity index (χ0) is 13.3. The Labute approximate surface area is 104 Å². The molecule has 1 fully saturated rings. The first-order chi connectivity index (χ1) is 7.65. The zero-order valence-electron chi connectivity index (χ0n) is 11.6. The summed E-state index contributed by atoms with van der Waals surface area (Å²) in [5.74, 6) is 0.295. The van der Waals surface area contributed by atoms with Gasteiger partial charge in [-0.1, -0.05) is 0 Å². The van der Waals surface area contributed by atoms with Gasteiger partial charge in [0.2, 0.25) is 0 Å². The summed E-state index contributed by atoms with van der Waals surface area (Å²) in [4.78, 5) is 13.8. The van der Waals surface area contributed by atoms with Gasteiger partial charge in [0, 0.05) is 18.7 Å². The van der Waals surface area contributed by atoms with Crippen LogP contribution in [0.15, 0.2) is 0 Å². The summed E-state index contributed by atoms with van der Waals surface area (Å²) < 4.78 is 5.41. The van der Waals surface area contributed by atoms with Crippen LogP contribution >= 0.6 is 0 Å². The van der Waals surface area contributed by atoms with E-state index >= 15 is 0 Å². The first-order valence-electron chi connectivity index (χ1n) is 6.27. The molecule has 1 heterocycles. The first-order valence-corrected chi connectivity index (χ1v) is 6.27. The number of hydrogen-bond acceptors (Lipinski definition) is 3. The predicted octanol–water partition coefficient (Wildman–Crippen LogP) is 2.40. The Morgan fingerprint density at radius 1 is 1.47 bits per heavy atom. The number of aliphatic hydroxyl groups is 1. The van der Waals surface area contributed by atoms with Crippen molar-refractivity contribution in [3.05, 3.63) is 0 Å². The highest BCUT2D eigenvalue weighted by atomic mass is 16.6. The normalized spacial score (nSPS) is 24.6. The van der Waals surface area contributed by atoms with Gasteiger partial charge in [0.1, 0.15) is 5.60 Å². The van der Waals surface area contributed by atoms with Crippen LogP contribution in [0.2, 0.25) is 0 Å². The molecule has 4 nitrogen and oxygen atoms in total. The highest BCUT2D eigenvalue weighted by Gasteiger charge is 2.39. The second-order valence-corrected chi connectivity index (χ2v) is 6.49. The van der Waals surface area contributed by atoms with E-state index < -0.39 is 5.60 Å². The number of rotatable bonds is 1. The van der Waals surface area contributed by atoms with Crippen molar-refractivity contribution in [3.8, 4) is 0 Å². The molecule has 1 saturated heterocycles. The molecule has 0 aromatic carbocycles. The minimum Gasteiger partial charge on any atom is -0.444 e. The number of ether oxygens (including phenoxy) is 1. The molecule has 1 amide bonds. The molecule has 0 saturated carbocycles. The monoisotopic (exact) mass is 243 g/mol. The number of hydrogen-bond donors (Lipinski definition) is 1. The van der Waals surface area contributed by atoms with Gasteiger partial charge in [-0.2, -0.15) is 0 Å². The minimum absolute atomic E-state index is 0.200. The van der Waals surface area contributed by atoms with E-state index in [0.29, 0.717) is 12.5 Å². The molecule has 0 aromatic heterocycles. The van der Waals surface area contributed by atoms with E-state index in [1.54, 1.807) is 4.90 Å². The number of likely N-dealkylation sites (tertiary alicyclic amines) is 1. The van der Waals surface area contributed by atoms with Crippen LogP contribution in [-0.2, 0) is 4.74 Å². The minimum atomic E-state index is -0.457. The van der Waals surface area contributed by atoms with E-state index in [9.17, 15) is 9.90 Å². The van der Waals surface area contributed by atoms with Crippen LogP contribution in [-0.4, -0.2) is 40.4 Å². The lowest BCUT2D eigenvalue weighted by Crippen LogP contribution is -2.54. The maximum atomic E-state index is 12.1. The van der Waals surface area contributed by atoms with Gasteiger partial charge in [-0.15, -0.1) is 0 Å². The molecule has 0 bridgehead atoms. The summed E-state index contributed by atoms with van der Waals surface area (Å²) in [6, 6.07) is 0. The van der Waals surface area contributed by atoms with E-state index in [-0.39, 0.29) is 18.2 Å². The van der Waals surface area contributed by atoms with Crippen LogP contribution in [0, 0.1) is 5.92 Å². The van der Waals surface area contributed by atoms with Crippen molar-refractivity contribution in [1.29, 1.82) is 0 Å². The lowest BCUT2D eigenvalue weighted by Gasteiger charge is -2.45. The number of amides is 1. The smallest absolute Gasteiger partial charge is 0.410 e. The Morgan fingerprint density at radius 3 is 2.47 bits per heavy atom. The lowest BCUT2D eigenvalue weighted by atomic mass is 9.83. The molecule has 1 rings (SSSR count). The molecule has 4 heteroatoms. The zero-order valence-corrected chi connectivity index (χ0v) is 11.6. The summed E-state index contributed by atoms with van der Waals surface area (Å²) in [7, 11) is 0. The highest BCUT2D eigenvalue weighted by molar-refractivity contribution is 5.69. The van der Waals surface area contributed by atoms with E-state index in [1.807, 2.05) is 34.6 Å². The van der Waals surface area contributed by atoms with Gasteiger partial charge in [0.15, 0.2) is 0 Å². The van der Waals surface area contributed by atoms with Crippen LogP contribution in [0.1, 0.15) is 47.5 Å². The lowest BCUT2D eigenvalue weighted by molar-refractivity contribution is -0.0198. The Balaban J connectivity index is 2.68. The molecule has 1 atom stereocenters. The SMILES string of the molecule is CC(C)(C)OC(=O)N1CC[C@@H](CO)CC1(C)C. The molecule has 1 N–H and O–H groups in total. The Morgan fingerprint density at radius 2 is 2.06 bits per heavy atom. The van der Waals surface area contributed by atoms with Crippen molar-refractivity contribution < 1.29 is 14.6 Å². The van der Waals surface area contributed by atoms with Crippen molar-refractivity contribution in [1.82, 2.24) is 4.90 Å². The molecule has 0 aromatic rings. The molecule has 0 unspecified atom stereocenters. The summed E-state index contributed by atoms with van der Waals surface area (Å²) >= 11 is 0. The molecule has 17 heavy (non-hydrogen) atoms. The molecule has 0 spiro atoms. The summed E-state index contributed by atoms with van der Waals surface area (Å²) in [6.07, 6.45) is 1.42. The summed E-state index contributed by atoms with van der Waals surface area (Å²) in [5.41, 5.74) is -0.699. The van der Waals surface area contributed by atoms with Gasteiger partial charge in [-0.25, -0.2) is 4.79 Å². The van der Waals surface area contributed by atoms with Crippen molar-refractivity contribution in [2.75, 3.05) is 13.2 Å². The standard InChI is InChI=1S/C13H25NO3/c1-12(2,3)17-11(16)14-7-6-10(9-15)8-13(14,4)5/h10,15H,6-9H2,1-5H3/t10-/m1/s1. The number of aliphatic hydroxyl groups excluding tert-OH is 1. The van der Waals surface area contributed by atoms with Gasteiger partial charge in [-0.05, 0) is 53.4 Å². The van der Waals surface area contributed by atoms with Crippen molar-refractivity contribution in [2.24, 2.45) is 5.92 Å². The first kappa shape index (κ1) is 14.3. The third kappa shape index (κ3) is 3.87. The maximum Gasteiger partial charge on any atom is 0.410 e. The third-order valence-corrected chi connectivity index (χ3v) is 3.15. The Hall–Kier alpha value is -0.770. The number of carbonyl (C=O) groups is 1. The fourth-order valence-corrected chi connectivity index (χ4v) is 2.34. The third-order valence-electron chi connectivity index (χ3n) is 3.15. The van der Waals surface area contributed by atoms with Crippen LogP contribution in [0.4, 0.5) is 4.79 Å². The molecule has 0 aliphatic carbocycles. The molecule has 100 valence electrons. The van der Waals surface area contributed by atoms with Gasteiger partial charge >= 0.3 is 6.09 Å². The van der Waals surface area contributed by atoms with E-state index in [4.69, 9.17) is 4.74 Å². The van der Waals surface area contributed by atoms with E-state index in [2.05, 4.69) is 0 Å². The van der Waals surface area contributed by atoms with Gasteiger partial charge in [0.25, 0.3) is 0 Å². The van der Waals surface area contributed by atoms with Gasteiger partial charge < -0.3 is 14.7 Å². The average Bonchev–Trinajstić information content (AvgIpc) is 2.12. The van der Waals surface area contributed by atoms with Gasteiger partial charge in [0.05, 0.1) is 0 Å². The largest absolute Gasteiger partial charge is 0.444 e. The van der Waals surface area contributed by atoms with Crippen molar-refractivity contribution in [2.45, 2.75) is 58.6 Å². The molecular formula is C13H25NO3. The maximum absolute atomic E-state index is 12.1. The predicted molar refractivity (Wildman–Crippen MR) is 66.8 cm³/mol. The molecule has 1 aliphatic rings. The topological polar surface area (TPSA) is 49.8 Å². The number of carbonyl (C=O) groups excluding carboxylic acids is 1. The second-order valence-electron chi connectivity index (χ2n) is 6.49. The van der Waals surface area contributed by atoms with E-state index in [0.717, 1.165) is 12.8 Å². The molecule has 0 radical (unpaired) electrons. The summed E-state index contributed by atoms with van der Waals surface area (Å²) in [6.45, 7) is 10.5. The number of piperidine rings is 1. The fraction of sp³-hybridized carbons (Fsp3) is 0.923. The van der Waals surface area contributed by atoms with Crippen LogP contribution in [0.25, 0.3) is 0 Å². The van der Waals surface area contributed by atoms with Gasteiger partial charge in [-0.3, -0.25) is 0 Å². The van der Waals surface area contributed by atoms with E-state index in [1.165, 1.54) is 0 Å². The quantitative estimate of drug-likeness (QED) is 0.769. The highest BCUT2D eigenvalue weighted by Crippen LogP contribution is 2.32. The summed E-state index contributed by atoms with van der Waals surface area (Å²) in [5, 5.41) is 9.20. The van der Waals surface area contributed by atoms with Crippen molar-refractivity contribution in [3.63, 3.8) is 0 Å². The van der Waals surface area contributed by atoms with Crippen LogP contribution in [0.5, 0.6) is 0 Å². The Kier molecular flexibility index (Phi) is 4.07. The fourth-order valence-electron chi connectivity index (χ4n) is 2.34. The van der Waals surface area contributed by atoms with Crippen molar-refractivity contribution >= 4 is 6.09 Å². The molecule has 1 aliphatic heterocycles. The second kappa shape index (κ2) is 4.84.